The van der Waals surface area contributed by atoms with Crippen molar-refractivity contribution in [1.29, 1.82) is 0 Å². The highest BCUT2D eigenvalue weighted by Gasteiger charge is 2.32. The van der Waals surface area contributed by atoms with Crippen LogP contribution in [0.2, 0.25) is 0 Å². The van der Waals surface area contributed by atoms with Crippen LogP contribution in [0, 0.1) is 0 Å². The Kier molecular flexibility index (Phi) is 3.38. The van der Waals surface area contributed by atoms with Gasteiger partial charge in [-0.25, -0.2) is 4.72 Å². The fourth-order valence-electron chi connectivity index (χ4n) is 2.89. The van der Waals surface area contributed by atoms with Gasteiger partial charge in [0.25, 0.3) is 0 Å². The van der Waals surface area contributed by atoms with Gasteiger partial charge < -0.3 is 9.45 Å². The van der Waals surface area contributed by atoms with Crippen molar-refractivity contribution in [2.24, 2.45) is 0 Å². The van der Waals surface area contributed by atoms with Crippen LogP contribution >= 0.6 is 0 Å². The van der Waals surface area contributed by atoms with Crippen molar-refractivity contribution in [2.45, 2.75) is 31.7 Å². The van der Waals surface area contributed by atoms with Crippen LogP contribution < -0.4 is 9.62 Å². The first-order valence-corrected chi connectivity index (χ1v) is 7.51. The van der Waals surface area contributed by atoms with Gasteiger partial charge in [0.05, 0.1) is 6.04 Å². The molecule has 0 bridgehead atoms. The molecule has 1 fully saturated rings. The van der Waals surface area contributed by atoms with Crippen LogP contribution in [0.25, 0.3) is 0 Å². The number of amides is 1. The molecule has 1 aliphatic heterocycles. The molecular weight excluding hydrogens is 264 g/mol. The third-order valence-corrected chi connectivity index (χ3v) is 4.31. The Morgan fingerprint density at radius 1 is 1.32 bits per heavy atom. The van der Waals surface area contributed by atoms with E-state index < -0.39 is 17.3 Å². The molecule has 0 saturated carbocycles. The summed E-state index contributed by atoms with van der Waals surface area (Å²) < 4.78 is 23.5. The molecule has 2 atom stereocenters. The van der Waals surface area contributed by atoms with Crippen LogP contribution in [0.5, 0.6) is 0 Å². The maximum Gasteiger partial charge on any atom is 0.245 e. The van der Waals surface area contributed by atoms with Crippen LogP contribution in [-0.4, -0.2) is 27.3 Å². The van der Waals surface area contributed by atoms with Gasteiger partial charge in [-0.15, -0.1) is 0 Å². The topological polar surface area (TPSA) is 72.5 Å². The Morgan fingerprint density at radius 3 is 2.89 bits per heavy atom. The minimum atomic E-state index is -2.39. The maximum atomic E-state index is 12.1. The molecule has 1 saturated heterocycles. The summed E-state index contributed by atoms with van der Waals surface area (Å²) in [6.07, 6.45) is 3.87. The molecule has 0 spiro atoms. The van der Waals surface area contributed by atoms with E-state index in [0.717, 1.165) is 18.5 Å². The number of fused-ring (bicyclic) bond motifs is 1. The lowest BCUT2D eigenvalue weighted by Crippen LogP contribution is -2.39. The van der Waals surface area contributed by atoms with E-state index >= 15 is 0 Å². The predicted molar refractivity (Wildman–Crippen MR) is 71.3 cm³/mol. The number of hydrogen-bond donors (Lipinski definition) is 1. The highest BCUT2D eigenvalue weighted by molar-refractivity contribution is 7.77. The van der Waals surface area contributed by atoms with Gasteiger partial charge in [0.15, 0.2) is 0 Å². The van der Waals surface area contributed by atoms with Gasteiger partial charge in [0, 0.05) is 23.5 Å². The van der Waals surface area contributed by atoms with Crippen molar-refractivity contribution in [3.8, 4) is 0 Å². The van der Waals surface area contributed by atoms with Crippen LogP contribution in [0.4, 0.5) is 5.69 Å². The highest BCUT2D eigenvalue weighted by Crippen LogP contribution is 2.29. The Hall–Kier alpha value is -1.24. The predicted octanol–water partition coefficient (Wildman–Crippen LogP) is 0.664. The van der Waals surface area contributed by atoms with Crippen molar-refractivity contribution in [2.75, 3.05) is 11.4 Å². The zero-order valence-electron chi connectivity index (χ0n) is 10.4. The van der Waals surface area contributed by atoms with E-state index in [9.17, 15) is 13.6 Å². The zero-order chi connectivity index (χ0) is 13.4. The first kappa shape index (κ1) is 12.8. The maximum absolute atomic E-state index is 12.1. The smallest absolute Gasteiger partial charge is 0.245 e. The van der Waals surface area contributed by atoms with Gasteiger partial charge in [-0.05, 0) is 48.9 Å². The lowest BCUT2D eigenvalue weighted by atomic mass is 10.1. The molecule has 5 nitrogen and oxygen atoms in total. The largest absolute Gasteiger partial charge is 0.760 e. The molecule has 102 valence electrons. The van der Waals surface area contributed by atoms with E-state index in [-0.39, 0.29) is 5.91 Å². The number of hydrogen-bond acceptors (Lipinski definition) is 3. The molecular formula is C13H15N2O3S-. The summed E-state index contributed by atoms with van der Waals surface area (Å²) in [5.74, 6) is -0.165. The average molecular weight is 279 g/mol. The number of anilines is 1. The van der Waals surface area contributed by atoms with Crippen molar-refractivity contribution in [3.63, 3.8) is 0 Å². The lowest BCUT2D eigenvalue weighted by molar-refractivity contribution is -0.118. The van der Waals surface area contributed by atoms with Crippen LogP contribution in [0.1, 0.15) is 24.0 Å². The minimum absolute atomic E-state index is 0.165. The summed E-state index contributed by atoms with van der Waals surface area (Å²) in [4.78, 5) is 13.8. The van der Waals surface area contributed by atoms with Gasteiger partial charge in [-0.1, -0.05) is 6.07 Å². The molecule has 6 heteroatoms. The van der Waals surface area contributed by atoms with E-state index in [4.69, 9.17) is 0 Å². The monoisotopic (exact) mass is 279 g/mol. The molecule has 1 heterocycles. The number of benzene rings is 1. The number of carbonyl (C=O) groups is 1. The molecule has 2 unspecified atom stereocenters. The van der Waals surface area contributed by atoms with E-state index in [2.05, 4.69) is 16.9 Å². The molecule has 0 radical (unpaired) electrons. The van der Waals surface area contributed by atoms with Gasteiger partial charge in [-0.3, -0.25) is 9.00 Å². The summed E-state index contributed by atoms with van der Waals surface area (Å²) in [6.45, 7) is 0.562. The minimum Gasteiger partial charge on any atom is -0.760 e. The first-order valence-electron chi connectivity index (χ1n) is 6.44. The molecule has 1 aromatic carbocycles. The summed E-state index contributed by atoms with van der Waals surface area (Å²) in [5, 5.41) is 0. The zero-order valence-corrected chi connectivity index (χ0v) is 11.2. The summed E-state index contributed by atoms with van der Waals surface area (Å²) >= 11 is -2.39. The van der Waals surface area contributed by atoms with Crippen LogP contribution in [0.15, 0.2) is 18.2 Å². The van der Waals surface area contributed by atoms with E-state index in [1.54, 1.807) is 4.90 Å². The highest BCUT2D eigenvalue weighted by atomic mass is 32.2. The van der Waals surface area contributed by atoms with Crippen molar-refractivity contribution >= 4 is 22.9 Å². The van der Waals surface area contributed by atoms with Gasteiger partial charge in [-0.2, -0.15) is 0 Å². The molecule has 0 aromatic heterocycles. The van der Waals surface area contributed by atoms with Gasteiger partial charge >= 0.3 is 0 Å². The van der Waals surface area contributed by atoms with E-state index in [0.29, 0.717) is 13.0 Å². The molecule has 1 N–H and O–H groups in total. The van der Waals surface area contributed by atoms with Crippen LogP contribution in [-0.2, 0) is 28.9 Å². The Morgan fingerprint density at radius 2 is 2.11 bits per heavy atom. The first-order chi connectivity index (χ1) is 9.15. The van der Waals surface area contributed by atoms with Crippen molar-refractivity contribution in [1.82, 2.24) is 4.72 Å². The average Bonchev–Trinajstić information content (AvgIpc) is 2.96. The normalized spacial score (nSPS) is 23.7. The Bertz CT molecular complexity index is 547. The van der Waals surface area contributed by atoms with Crippen LogP contribution in [0.3, 0.4) is 0 Å². The Balaban J connectivity index is 1.80. The molecule has 1 aliphatic carbocycles. The quantitative estimate of drug-likeness (QED) is 0.826. The van der Waals surface area contributed by atoms with Gasteiger partial charge in [0.1, 0.15) is 0 Å². The number of rotatable bonds is 3. The number of nitrogens with zero attached hydrogens (tertiary/aromatic N) is 1. The molecule has 1 aromatic rings. The fourth-order valence-corrected chi connectivity index (χ4v) is 3.34. The molecule has 1 amide bonds. The second kappa shape index (κ2) is 5.03. The summed E-state index contributed by atoms with van der Waals surface area (Å²) in [6, 6.07) is 5.49. The third-order valence-electron chi connectivity index (χ3n) is 3.84. The SMILES string of the molecule is O=C1C(NS(=O)[O-])CCN1c1ccc2c(c1)CCC2. The van der Waals surface area contributed by atoms with Crippen molar-refractivity contribution < 1.29 is 13.6 Å². The third kappa shape index (κ3) is 2.43. The molecule has 3 rings (SSSR count). The van der Waals surface area contributed by atoms with Gasteiger partial charge in [0.2, 0.25) is 5.91 Å². The summed E-state index contributed by atoms with van der Waals surface area (Å²) in [7, 11) is 0. The lowest BCUT2D eigenvalue weighted by Gasteiger charge is -2.18. The number of aryl methyl sites for hydroxylation is 2. The van der Waals surface area contributed by atoms with E-state index in [1.165, 1.54) is 17.5 Å². The van der Waals surface area contributed by atoms with Crippen molar-refractivity contribution in [3.05, 3.63) is 29.3 Å². The second-order valence-corrected chi connectivity index (χ2v) is 5.70. The Labute approximate surface area is 114 Å². The molecule has 19 heavy (non-hydrogen) atoms. The fraction of sp³-hybridized carbons (Fsp3) is 0.462. The standard InChI is InChI=1S/C13H16N2O3S/c16-13-12(14-19(17)18)6-7-15(13)11-5-4-9-2-1-3-10(9)8-11/h4-5,8,12,14H,1-3,6-7H2,(H,17,18)/p-1. The molecule has 2 aliphatic rings. The summed E-state index contributed by atoms with van der Waals surface area (Å²) in [5.41, 5.74) is 3.56. The van der Waals surface area contributed by atoms with E-state index in [1.807, 2.05) is 6.07 Å². The second-order valence-electron chi connectivity index (χ2n) is 4.99. The number of carbonyl (C=O) groups excluding carboxylic acids is 1. The number of nitrogens with one attached hydrogen (secondary N) is 1.